The van der Waals surface area contributed by atoms with Gasteiger partial charge in [0.25, 0.3) is 12.0 Å². The number of hydrogen-bond acceptors (Lipinski definition) is 4. The molecule has 0 aliphatic rings. The van der Waals surface area contributed by atoms with E-state index in [2.05, 4.69) is 31.0 Å². The molecule has 1 aromatic carbocycles. The molecular weight excluding hydrogens is 448 g/mol. The molecule has 0 aliphatic heterocycles. The van der Waals surface area contributed by atoms with Crippen LogP contribution < -0.4 is 15.8 Å². The highest BCUT2D eigenvalue weighted by Crippen LogP contribution is 2.40. The summed E-state index contributed by atoms with van der Waals surface area (Å²) in [5.41, 5.74) is 5.30. The average Bonchev–Trinajstić information content (AvgIpc) is 2.53. The molecule has 0 saturated heterocycles. The van der Waals surface area contributed by atoms with E-state index in [1.165, 1.54) is 24.3 Å². The number of hydrogen-bond donors (Lipinski definition) is 2. The molecule has 0 aliphatic carbocycles. The maximum Gasteiger partial charge on any atom is 0.434 e. The molecular formula is C15H10BrF6N3O2. The minimum Gasteiger partial charge on any atom is -0.469 e. The van der Waals surface area contributed by atoms with Crippen LogP contribution >= 0.6 is 15.9 Å². The fourth-order valence-electron chi connectivity index (χ4n) is 1.94. The van der Waals surface area contributed by atoms with E-state index in [4.69, 9.17) is 5.73 Å². The first-order chi connectivity index (χ1) is 12.4. The fraction of sp³-hybridized carbons (Fsp3) is 0.200. The number of alkyl halides is 6. The number of pyridine rings is 1. The van der Waals surface area contributed by atoms with Gasteiger partial charge in [-0.05, 0) is 34.1 Å². The predicted octanol–water partition coefficient (Wildman–Crippen LogP) is 4.55. The predicted molar refractivity (Wildman–Crippen MR) is 87.3 cm³/mol. The summed E-state index contributed by atoms with van der Waals surface area (Å²) in [5, 5.41) is 2.17. The van der Waals surface area contributed by atoms with Crippen molar-refractivity contribution >= 4 is 33.2 Å². The number of ether oxygens (including phenoxy) is 1. The van der Waals surface area contributed by atoms with Crippen LogP contribution in [0.4, 0.5) is 37.7 Å². The zero-order chi connectivity index (χ0) is 20.4. The number of nitrogens with zero attached hydrogens (tertiary/aromatic N) is 1. The number of benzene rings is 1. The Bertz CT molecular complexity index is 827. The van der Waals surface area contributed by atoms with E-state index in [0.717, 1.165) is 12.3 Å². The lowest BCUT2D eigenvalue weighted by atomic mass is 10.2. The van der Waals surface area contributed by atoms with Gasteiger partial charge in [-0.2, -0.15) is 26.3 Å². The second-order valence-corrected chi connectivity index (χ2v) is 5.89. The Morgan fingerprint density at radius 3 is 2.33 bits per heavy atom. The molecule has 3 N–H and O–H groups in total. The van der Waals surface area contributed by atoms with E-state index in [1.54, 1.807) is 0 Å². The first-order valence-electron chi connectivity index (χ1n) is 7.01. The van der Waals surface area contributed by atoms with Crippen LogP contribution in [0.15, 0.2) is 41.1 Å². The van der Waals surface area contributed by atoms with Crippen molar-refractivity contribution in [3.8, 4) is 5.75 Å². The lowest BCUT2D eigenvalue weighted by Crippen LogP contribution is -2.46. The summed E-state index contributed by atoms with van der Waals surface area (Å²) in [7, 11) is 0. The Hall–Kier alpha value is -2.50. The summed E-state index contributed by atoms with van der Waals surface area (Å²) in [4.78, 5) is 15.9. The highest BCUT2D eigenvalue weighted by Gasteiger charge is 2.59. The molecule has 1 aromatic heterocycles. The molecule has 27 heavy (non-hydrogen) atoms. The van der Waals surface area contributed by atoms with Gasteiger partial charge in [-0.25, -0.2) is 4.98 Å². The van der Waals surface area contributed by atoms with Crippen molar-refractivity contribution in [2.24, 2.45) is 0 Å². The van der Waals surface area contributed by atoms with Crippen LogP contribution in [0, 0.1) is 0 Å². The molecule has 0 unspecified atom stereocenters. The van der Waals surface area contributed by atoms with Crippen LogP contribution in [0.3, 0.4) is 0 Å². The third-order valence-electron chi connectivity index (χ3n) is 3.09. The van der Waals surface area contributed by atoms with Gasteiger partial charge in [0.15, 0.2) is 0 Å². The molecule has 12 heteroatoms. The molecule has 146 valence electrons. The highest BCUT2D eigenvalue weighted by atomic mass is 79.9. The monoisotopic (exact) mass is 457 g/mol. The number of nitrogen functional groups attached to an aromatic ring is 1. The summed E-state index contributed by atoms with van der Waals surface area (Å²) in [5.74, 6) is -1.70. The smallest absolute Gasteiger partial charge is 0.434 e. The molecule has 0 spiro atoms. The van der Waals surface area contributed by atoms with E-state index in [0.29, 0.717) is 0 Å². The first-order valence-corrected chi connectivity index (χ1v) is 7.80. The fourth-order valence-corrected chi connectivity index (χ4v) is 2.36. The van der Waals surface area contributed by atoms with Gasteiger partial charge in [0.05, 0.1) is 0 Å². The standard InChI is InChI=1S/C15H10BrF6N3O2/c16-11-10(25-12(26)7-2-1-3-8(23)6-7)9(4-5-24-11)27-13(14(17,18)19)15(20,21)22/h1-6,13H,23H2,(H,25,26). The highest BCUT2D eigenvalue weighted by molar-refractivity contribution is 9.10. The average molecular weight is 458 g/mol. The van der Waals surface area contributed by atoms with Crippen molar-refractivity contribution in [2.45, 2.75) is 18.5 Å². The van der Waals surface area contributed by atoms with E-state index in [1.807, 2.05) is 0 Å². The molecule has 0 saturated carbocycles. The Morgan fingerprint density at radius 1 is 1.15 bits per heavy atom. The van der Waals surface area contributed by atoms with Crippen molar-refractivity contribution in [2.75, 3.05) is 11.1 Å². The number of carbonyl (C=O) groups is 1. The zero-order valence-corrected chi connectivity index (χ0v) is 14.6. The molecule has 2 aromatic rings. The number of aromatic nitrogens is 1. The normalized spacial score (nSPS) is 12.1. The second kappa shape index (κ2) is 7.62. The summed E-state index contributed by atoms with van der Waals surface area (Å²) < 4.78 is 80.3. The Labute approximate surface area is 156 Å². The van der Waals surface area contributed by atoms with Crippen molar-refractivity contribution in [3.05, 3.63) is 46.7 Å². The van der Waals surface area contributed by atoms with Gasteiger partial charge in [0, 0.05) is 23.5 Å². The van der Waals surface area contributed by atoms with Crippen molar-refractivity contribution < 1.29 is 35.9 Å². The van der Waals surface area contributed by atoms with Gasteiger partial charge in [-0.15, -0.1) is 0 Å². The van der Waals surface area contributed by atoms with Gasteiger partial charge >= 0.3 is 12.4 Å². The number of halogens is 7. The number of rotatable bonds is 4. The van der Waals surface area contributed by atoms with Crippen LogP contribution in [-0.2, 0) is 0 Å². The van der Waals surface area contributed by atoms with E-state index in [9.17, 15) is 31.1 Å². The summed E-state index contributed by atoms with van der Waals surface area (Å²) in [6.07, 6.45) is -14.6. The van der Waals surface area contributed by atoms with Gasteiger partial charge in [-0.3, -0.25) is 4.79 Å². The number of anilines is 2. The van der Waals surface area contributed by atoms with E-state index >= 15 is 0 Å². The Balaban J connectivity index is 2.37. The maximum atomic E-state index is 12.7. The largest absolute Gasteiger partial charge is 0.469 e. The molecule has 0 radical (unpaired) electrons. The maximum absolute atomic E-state index is 12.7. The van der Waals surface area contributed by atoms with Crippen LogP contribution in [-0.4, -0.2) is 29.3 Å². The third kappa shape index (κ3) is 5.25. The second-order valence-electron chi connectivity index (χ2n) is 5.14. The summed E-state index contributed by atoms with van der Waals surface area (Å²) in [6.45, 7) is 0. The zero-order valence-electron chi connectivity index (χ0n) is 13.0. The quantitative estimate of drug-likeness (QED) is 0.401. The molecule has 0 fully saturated rings. The molecule has 1 amide bonds. The first kappa shape index (κ1) is 20.8. The number of nitrogens with one attached hydrogen (secondary N) is 1. The lowest BCUT2D eigenvalue weighted by Gasteiger charge is -2.25. The summed E-state index contributed by atoms with van der Waals surface area (Å²) in [6, 6.07) is 6.33. The van der Waals surface area contributed by atoms with Crippen LogP contribution in [0.5, 0.6) is 5.75 Å². The molecule has 1 heterocycles. The minimum absolute atomic E-state index is 0.0277. The van der Waals surface area contributed by atoms with Crippen LogP contribution in [0.1, 0.15) is 10.4 Å². The molecule has 5 nitrogen and oxygen atoms in total. The molecule has 0 atom stereocenters. The van der Waals surface area contributed by atoms with Crippen LogP contribution in [0.2, 0.25) is 0 Å². The number of carbonyl (C=O) groups excluding carboxylic acids is 1. The van der Waals surface area contributed by atoms with Crippen LogP contribution in [0.25, 0.3) is 0 Å². The van der Waals surface area contributed by atoms with E-state index < -0.39 is 35.8 Å². The minimum atomic E-state index is -5.72. The van der Waals surface area contributed by atoms with Gasteiger partial charge < -0.3 is 15.8 Å². The molecule has 0 bridgehead atoms. The Morgan fingerprint density at radius 2 is 1.78 bits per heavy atom. The topological polar surface area (TPSA) is 77.2 Å². The van der Waals surface area contributed by atoms with Crippen molar-refractivity contribution in [3.63, 3.8) is 0 Å². The SMILES string of the molecule is Nc1cccc(C(=O)Nc2c(OC(C(F)(F)F)C(F)(F)F)ccnc2Br)c1. The van der Waals surface area contributed by atoms with Gasteiger partial charge in [0.2, 0.25) is 0 Å². The molecule has 2 rings (SSSR count). The van der Waals surface area contributed by atoms with Gasteiger partial charge in [0.1, 0.15) is 16.0 Å². The number of amides is 1. The van der Waals surface area contributed by atoms with Crippen molar-refractivity contribution in [1.29, 1.82) is 0 Å². The third-order valence-corrected chi connectivity index (χ3v) is 3.69. The lowest BCUT2D eigenvalue weighted by molar-refractivity contribution is -0.299. The Kier molecular flexibility index (Phi) is 5.88. The van der Waals surface area contributed by atoms with Crippen molar-refractivity contribution in [1.82, 2.24) is 4.98 Å². The number of nitrogens with two attached hydrogens (primary N) is 1. The van der Waals surface area contributed by atoms with E-state index in [-0.39, 0.29) is 15.9 Å². The van der Waals surface area contributed by atoms with Gasteiger partial charge in [-0.1, -0.05) is 6.07 Å². The summed E-state index contributed by atoms with van der Waals surface area (Å²) >= 11 is 2.86.